The van der Waals surface area contributed by atoms with E-state index >= 15 is 0 Å². The standard InChI is InChI=1S/C12H15NO3S2/c1-12(14,8-13-18(2,15)16)11-7-9-5-3-4-6-10(9)17-11/h3-7,13-14H,8H2,1-2H3/t12-/m0/s1. The molecule has 0 radical (unpaired) electrons. The van der Waals surface area contributed by atoms with E-state index in [1.807, 2.05) is 30.3 Å². The molecule has 0 saturated carbocycles. The van der Waals surface area contributed by atoms with Crippen LogP contribution in [0.5, 0.6) is 0 Å². The fourth-order valence-electron chi connectivity index (χ4n) is 1.61. The summed E-state index contributed by atoms with van der Waals surface area (Å²) in [4.78, 5) is 0.750. The van der Waals surface area contributed by atoms with E-state index in [0.717, 1.165) is 21.2 Å². The molecule has 1 aromatic carbocycles. The molecule has 0 unspecified atom stereocenters. The molecule has 6 heteroatoms. The SMILES string of the molecule is C[C@](O)(CNS(C)(=O)=O)c1cc2ccccc2s1. The Balaban J connectivity index is 2.28. The predicted molar refractivity (Wildman–Crippen MR) is 74.2 cm³/mol. The van der Waals surface area contributed by atoms with Gasteiger partial charge in [0.15, 0.2) is 0 Å². The summed E-state index contributed by atoms with van der Waals surface area (Å²) < 4.78 is 25.5. The van der Waals surface area contributed by atoms with Crippen LogP contribution in [-0.4, -0.2) is 26.3 Å². The molecule has 0 aliphatic rings. The lowest BCUT2D eigenvalue weighted by molar-refractivity contribution is 0.0667. The number of benzene rings is 1. The van der Waals surface area contributed by atoms with Gasteiger partial charge in [0.1, 0.15) is 5.60 Å². The highest BCUT2D eigenvalue weighted by molar-refractivity contribution is 7.88. The van der Waals surface area contributed by atoms with Gasteiger partial charge in [-0.15, -0.1) is 11.3 Å². The first-order valence-corrected chi connectivity index (χ1v) is 8.15. The van der Waals surface area contributed by atoms with E-state index in [0.29, 0.717) is 0 Å². The molecule has 0 amide bonds. The second-order valence-electron chi connectivity index (χ2n) is 4.52. The van der Waals surface area contributed by atoms with Gasteiger partial charge >= 0.3 is 0 Å². The molecule has 1 heterocycles. The van der Waals surface area contributed by atoms with Crippen LogP contribution in [0.25, 0.3) is 10.1 Å². The average Bonchev–Trinajstić information content (AvgIpc) is 2.70. The monoisotopic (exact) mass is 285 g/mol. The summed E-state index contributed by atoms with van der Waals surface area (Å²) in [6.07, 6.45) is 1.08. The molecule has 18 heavy (non-hydrogen) atoms. The zero-order valence-corrected chi connectivity index (χ0v) is 11.8. The fourth-order valence-corrected chi connectivity index (χ4v) is 3.26. The van der Waals surface area contributed by atoms with Gasteiger partial charge in [-0.2, -0.15) is 0 Å². The fraction of sp³-hybridized carbons (Fsp3) is 0.333. The van der Waals surface area contributed by atoms with Crippen molar-refractivity contribution in [2.75, 3.05) is 12.8 Å². The molecule has 98 valence electrons. The molecule has 4 nitrogen and oxygen atoms in total. The van der Waals surface area contributed by atoms with Crippen molar-refractivity contribution in [2.45, 2.75) is 12.5 Å². The third-order valence-electron chi connectivity index (χ3n) is 2.63. The lowest BCUT2D eigenvalue weighted by atomic mass is 10.1. The van der Waals surface area contributed by atoms with Crippen LogP contribution in [-0.2, 0) is 15.6 Å². The molecule has 2 aromatic rings. The molecule has 2 N–H and O–H groups in total. The summed E-state index contributed by atoms with van der Waals surface area (Å²) in [6.45, 7) is 1.58. The quantitative estimate of drug-likeness (QED) is 0.898. The number of thiophene rings is 1. The summed E-state index contributed by atoms with van der Waals surface area (Å²) in [6, 6.07) is 9.71. The predicted octanol–water partition coefficient (Wildman–Crippen LogP) is 1.66. The topological polar surface area (TPSA) is 66.4 Å². The molecule has 0 aliphatic carbocycles. The summed E-state index contributed by atoms with van der Waals surface area (Å²) in [5.41, 5.74) is -1.20. The summed E-state index contributed by atoms with van der Waals surface area (Å²) in [7, 11) is -3.30. The Morgan fingerprint density at radius 3 is 2.67 bits per heavy atom. The molecule has 0 bridgehead atoms. The van der Waals surface area contributed by atoms with E-state index in [9.17, 15) is 13.5 Å². The minimum absolute atomic E-state index is 0.0291. The van der Waals surface area contributed by atoms with Crippen LogP contribution in [0.2, 0.25) is 0 Å². The third kappa shape index (κ3) is 3.08. The Bertz CT molecular complexity index is 626. The second-order valence-corrected chi connectivity index (χ2v) is 7.43. The molecule has 0 spiro atoms. The average molecular weight is 285 g/mol. The van der Waals surface area contributed by atoms with Gasteiger partial charge in [-0.3, -0.25) is 0 Å². The van der Waals surface area contributed by atoms with Crippen LogP contribution in [0.15, 0.2) is 30.3 Å². The summed E-state index contributed by atoms with van der Waals surface area (Å²) in [5, 5.41) is 11.4. The van der Waals surface area contributed by atoms with Crippen molar-refractivity contribution in [3.8, 4) is 0 Å². The van der Waals surface area contributed by atoms with Gasteiger partial charge in [-0.1, -0.05) is 18.2 Å². The van der Waals surface area contributed by atoms with E-state index in [-0.39, 0.29) is 6.54 Å². The van der Waals surface area contributed by atoms with Crippen LogP contribution < -0.4 is 4.72 Å². The van der Waals surface area contributed by atoms with Gasteiger partial charge in [0, 0.05) is 16.1 Å². The smallest absolute Gasteiger partial charge is 0.208 e. The molecular weight excluding hydrogens is 270 g/mol. The largest absolute Gasteiger partial charge is 0.383 e. The lowest BCUT2D eigenvalue weighted by Gasteiger charge is -2.21. The van der Waals surface area contributed by atoms with Crippen molar-refractivity contribution < 1.29 is 13.5 Å². The first-order chi connectivity index (χ1) is 8.28. The lowest BCUT2D eigenvalue weighted by Crippen LogP contribution is -2.37. The van der Waals surface area contributed by atoms with Gasteiger partial charge in [0.2, 0.25) is 10.0 Å². The van der Waals surface area contributed by atoms with Crippen molar-refractivity contribution in [3.05, 3.63) is 35.2 Å². The molecule has 1 aromatic heterocycles. The molecule has 1 atom stereocenters. The number of hydrogen-bond donors (Lipinski definition) is 2. The Hall–Kier alpha value is -0.950. The van der Waals surface area contributed by atoms with Gasteiger partial charge in [0.05, 0.1) is 6.26 Å². The summed E-state index contributed by atoms with van der Waals surface area (Å²) in [5.74, 6) is 0. The van der Waals surface area contributed by atoms with Crippen molar-refractivity contribution in [3.63, 3.8) is 0 Å². The number of hydrogen-bond acceptors (Lipinski definition) is 4. The number of sulfonamides is 1. The Morgan fingerprint density at radius 2 is 2.06 bits per heavy atom. The van der Waals surface area contributed by atoms with Crippen LogP contribution in [0, 0.1) is 0 Å². The van der Waals surface area contributed by atoms with E-state index < -0.39 is 15.6 Å². The van der Waals surface area contributed by atoms with Crippen LogP contribution in [0.4, 0.5) is 0 Å². The van der Waals surface area contributed by atoms with Crippen molar-refractivity contribution in [1.82, 2.24) is 4.72 Å². The highest BCUT2D eigenvalue weighted by Crippen LogP contribution is 2.32. The molecule has 0 saturated heterocycles. The molecule has 0 fully saturated rings. The minimum Gasteiger partial charge on any atom is -0.383 e. The van der Waals surface area contributed by atoms with Gasteiger partial charge in [-0.05, 0) is 24.4 Å². The minimum atomic E-state index is -3.30. The molecule has 0 aliphatic heterocycles. The number of rotatable bonds is 4. The highest BCUT2D eigenvalue weighted by atomic mass is 32.2. The van der Waals surface area contributed by atoms with Crippen molar-refractivity contribution >= 4 is 31.4 Å². The van der Waals surface area contributed by atoms with Crippen LogP contribution in [0.3, 0.4) is 0 Å². The van der Waals surface area contributed by atoms with Gasteiger partial charge in [0.25, 0.3) is 0 Å². The normalized spacial score (nSPS) is 15.7. The Kier molecular flexibility index (Phi) is 3.46. The number of nitrogens with one attached hydrogen (secondary N) is 1. The second kappa shape index (κ2) is 4.62. The maximum Gasteiger partial charge on any atom is 0.208 e. The van der Waals surface area contributed by atoms with Gasteiger partial charge in [-0.25, -0.2) is 13.1 Å². The van der Waals surface area contributed by atoms with Crippen LogP contribution in [0.1, 0.15) is 11.8 Å². The maximum absolute atomic E-state index is 11.1. The van der Waals surface area contributed by atoms with E-state index in [2.05, 4.69) is 4.72 Å². The molecular formula is C12H15NO3S2. The zero-order chi connectivity index (χ0) is 13.4. The Labute approximate surface area is 110 Å². The van der Waals surface area contributed by atoms with Gasteiger partial charge < -0.3 is 5.11 Å². The number of aliphatic hydroxyl groups is 1. The zero-order valence-electron chi connectivity index (χ0n) is 10.2. The summed E-state index contributed by atoms with van der Waals surface area (Å²) >= 11 is 1.47. The number of fused-ring (bicyclic) bond motifs is 1. The van der Waals surface area contributed by atoms with E-state index in [1.165, 1.54) is 11.3 Å². The first-order valence-electron chi connectivity index (χ1n) is 5.44. The van der Waals surface area contributed by atoms with Crippen molar-refractivity contribution in [1.29, 1.82) is 0 Å². The highest BCUT2D eigenvalue weighted by Gasteiger charge is 2.26. The molecule has 2 rings (SSSR count). The van der Waals surface area contributed by atoms with Crippen LogP contribution >= 0.6 is 11.3 Å². The van der Waals surface area contributed by atoms with E-state index in [4.69, 9.17) is 0 Å². The van der Waals surface area contributed by atoms with Crippen molar-refractivity contribution in [2.24, 2.45) is 0 Å². The first kappa shape index (κ1) is 13.5. The Morgan fingerprint density at radius 1 is 1.39 bits per heavy atom. The van der Waals surface area contributed by atoms with E-state index in [1.54, 1.807) is 6.92 Å². The maximum atomic E-state index is 11.1. The third-order valence-corrected chi connectivity index (χ3v) is 4.67.